The van der Waals surface area contributed by atoms with Gasteiger partial charge in [-0.1, -0.05) is 35.3 Å². The lowest BCUT2D eigenvalue weighted by Crippen LogP contribution is -2.23. The topological polar surface area (TPSA) is 40.5 Å². The zero-order chi connectivity index (χ0) is 13.3. The smallest absolute Gasteiger partial charge is 0.115 e. The van der Waals surface area contributed by atoms with E-state index in [2.05, 4.69) is 0 Å². The highest BCUT2D eigenvalue weighted by Gasteiger charge is 2.28. The van der Waals surface area contributed by atoms with Gasteiger partial charge < -0.3 is 10.2 Å². The summed E-state index contributed by atoms with van der Waals surface area (Å²) in [6.45, 7) is 1.64. The van der Waals surface area contributed by atoms with Crippen molar-refractivity contribution >= 4 is 23.2 Å². The van der Waals surface area contributed by atoms with Gasteiger partial charge in [-0.25, -0.2) is 0 Å². The van der Waals surface area contributed by atoms with E-state index < -0.39 is 5.60 Å². The molecular weight excluding hydrogens is 271 g/mol. The van der Waals surface area contributed by atoms with Crippen molar-refractivity contribution in [3.05, 3.63) is 63.6 Å². The van der Waals surface area contributed by atoms with Crippen molar-refractivity contribution in [2.75, 3.05) is 0 Å². The number of aromatic hydroxyl groups is 1. The Kier molecular flexibility index (Phi) is 3.53. The number of benzene rings is 2. The lowest BCUT2D eigenvalue weighted by atomic mass is 9.88. The van der Waals surface area contributed by atoms with Gasteiger partial charge in [-0.15, -0.1) is 0 Å². The van der Waals surface area contributed by atoms with Crippen molar-refractivity contribution in [1.82, 2.24) is 0 Å². The van der Waals surface area contributed by atoms with Crippen molar-refractivity contribution in [3.8, 4) is 5.75 Å². The molecule has 1 atom stereocenters. The highest BCUT2D eigenvalue weighted by Crippen LogP contribution is 2.35. The molecule has 0 aliphatic heterocycles. The molecule has 2 aromatic rings. The molecule has 0 bridgehead atoms. The number of aliphatic hydroxyl groups is 1. The second kappa shape index (κ2) is 4.81. The van der Waals surface area contributed by atoms with E-state index in [0.29, 0.717) is 21.2 Å². The Labute approximate surface area is 115 Å². The van der Waals surface area contributed by atoms with Crippen LogP contribution in [0.1, 0.15) is 18.1 Å². The van der Waals surface area contributed by atoms with Gasteiger partial charge >= 0.3 is 0 Å². The summed E-state index contributed by atoms with van der Waals surface area (Å²) in [4.78, 5) is 0. The molecule has 0 heterocycles. The van der Waals surface area contributed by atoms with Crippen LogP contribution in [0.4, 0.5) is 0 Å². The minimum absolute atomic E-state index is 0.145. The molecule has 2 rings (SSSR count). The van der Waals surface area contributed by atoms with E-state index in [0.717, 1.165) is 0 Å². The average Bonchev–Trinajstić information content (AvgIpc) is 2.32. The highest BCUT2D eigenvalue weighted by molar-refractivity contribution is 6.33. The van der Waals surface area contributed by atoms with Crippen LogP contribution < -0.4 is 0 Å². The third kappa shape index (κ3) is 2.46. The van der Waals surface area contributed by atoms with Crippen LogP contribution in [0.3, 0.4) is 0 Å². The number of hydrogen-bond donors (Lipinski definition) is 2. The van der Waals surface area contributed by atoms with E-state index in [1.54, 1.807) is 37.3 Å². The van der Waals surface area contributed by atoms with Gasteiger partial charge in [0.15, 0.2) is 0 Å². The van der Waals surface area contributed by atoms with Crippen LogP contribution in [0.15, 0.2) is 42.5 Å². The van der Waals surface area contributed by atoms with Crippen molar-refractivity contribution < 1.29 is 10.2 Å². The fourth-order valence-electron chi connectivity index (χ4n) is 1.81. The zero-order valence-electron chi connectivity index (χ0n) is 9.69. The fourth-order valence-corrected chi connectivity index (χ4v) is 2.29. The second-order valence-corrected chi connectivity index (χ2v) is 5.09. The molecule has 0 fully saturated rings. The Morgan fingerprint density at radius 3 is 2.22 bits per heavy atom. The Balaban J connectivity index is 2.53. The van der Waals surface area contributed by atoms with E-state index >= 15 is 0 Å². The molecule has 0 spiro atoms. The Bertz CT molecular complexity index is 563. The third-order valence-corrected chi connectivity index (χ3v) is 3.45. The first-order valence-corrected chi connectivity index (χ1v) is 6.14. The molecule has 0 aliphatic rings. The maximum absolute atomic E-state index is 10.6. The van der Waals surface area contributed by atoms with Crippen molar-refractivity contribution in [3.63, 3.8) is 0 Å². The maximum Gasteiger partial charge on any atom is 0.115 e. The van der Waals surface area contributed by atoms with Crippen LogP contribution in [0.2, 0.25) is 10.0 Å². The van der Waals surface area contributed by atoms with E-state index in [1.807, 2.05) is 0 Å². The summed E-state index contributed by atoms with van der Waals surface area (Å²) < 4.78 is 0. The largest absolute Gasteiger partial charge is 0.508 e. The Morgan fingerprint density at radius 1 is 1.00 bits per heavy atom. The first-order valence-electron chi connectivity index (χ1n) is 5.38. The minimum Gasteiger partial charge on any atom is -0.508 e. The van der Waals surface area contributed by atoms with E-state index in [9.17, 15) is 10.2 Å². The van der Waals surface area contributed by atoms with Crippen LogP contribution in [-0.2, 0) is 5.60 Å². The lowest BCUT2D eigenvalue weighted by molar-refractivity contribution is 0.102. The standard InChI is InChI=1S/C14H12Cl2O2/c1-14(18,9-2-5-11(17)6-3-9)12-8-10(15)4-7-13(12)16/h2-8,17-18H,1H3. The van der Waals surface area contributed by atoms with E-state index in [4.69, 9.17) is 23.2 Å². The molecule has 18 heavy (non-hydrogen) atoms. The number of rotatable bonds is 2. The fraction of sp³-hybridized carbons (Fsp3) is 0.143. The molecule has 0 aromatic heterocycles. The van der Waals surface area contributed by atoms with Gasteiger partial charge in [-0.3, -0.25) is 0 Å². The first-order chi connectivity index (χ1) is 8.41. The highest BCUT2D eigenvalue weighted by atomic mass is 35.5. The third-order valence-electron chi connectivity index (χ3n) is 2.88. The summed E-state index contributed by atoms with van der Waals surface area (Å²) in [5.41, 5.74) is -0.109. The summed E-state index contributed by atoms with van der Waals surface area (Å²) >= 11 is 12.0. The molecule has 0 amide bonds. The maximum atomic E-state index is 10.6. The number of phenolic OH excluding ortho intramolecular Hbond substituents is 1. The van der Waals surface area contributed by atoms with Gasteiger partial charge in [0.05, 0.1) is 0 Å². The Morgan fingerprint density at radius 2 is 1.61 bits per heavy atom. The number of hydrogen-bond acceptors (Lipinski definition) is 2. The van der Waals surface area contributed by atoms with E-state index in [1.165, 1.54) is 12.1 Å². The number of phenols is 1. The van der Waals surface area contributed by atoms with Gasteiger partial charge in [0.25, 0.3) is 0 Å². The van der Waals surface area contributed by atoms with Crippen LogP contribution >= 0.6 is 23.2 Å². The van der Waals surface area contributed by atoms with E-state index in [-0.39, 0.29) is 5.75 Å². The summed E-state index contributed by atoms with van der Waals surface area (Å²) in [6.07, 6.45) is 0. The molecule has 94 valence electrons. The van der Waals surface area contributed by atoms with Gasteiger partial charge in [0, 0.05) is 15.6 Å². The second-order valence-electron chi connectivity index (χ2n) is 4.24. The molecule has 4 heteroatoms. The summed E-state index contributed by atoms with van der Waals surface area (Å²) in [5, 5.41) is 20.8. The summed E-state index contributed by atoms with van der Waals surface area (Å²) in [6, 6.07) is 11.3. The van der Waals surface area contributed by atoms with Gasteiger partial charge in [-0.2, -0.15) is 0 Å². The molecule has 0 radical (unpaired) electrons. The molecule has 0 aliphatic carbocycles. The normalized spacial score (nSPS) is 14.2. The molecule has 0 saturated heterocycles. The molecule has 2 aromatic carbocycles. The van der Waals surface area contributed by atoms with Gasteiger partial charge in [0.2, 0.25) is 0 Å². The van der Waals surface area contributed by atoms with Crippen molar-refractivity contribution in [1.29, 1.82) is 0 Å². The predicted molar refractivity (Wildman–Crippen MR) is 73.2 cm³/mol. The zero-order valence-corrected chi connectivity index (χ0v) is 11.2. The lowest BCUT2D eigenvalue weighted by Gasteiger charge is -2.25. The van der Waals surface area contributed by atoms with Crippen molar-refractivity contribution in [2.45, 2.75) is 12.5 Å². The molecule has 1 unspecified atom stereocenters. The quantitative estimate of drug-likeness (QED) is 0.876. The first kappa shape index (κ1) is 13.2. The Hall–Kier alpha value is -1.22. The SMILES string of the molecule is CC(O)(c1ccc(O)cc1)c1cc(Cl)ccc1Cl. The molecule has 2 N–H and O–H groups in total. The van der Waals surface area contributed by atoms with Crippen LogP contribution in [0.25, 0.3) is 0 Å². The monoisotopic (exact) mass is 282 g/mol. The van der Waals surface area contributed by atoms with Gasteiger partial charge in [0.1, 0.15) is 11.4 Å². The molecule has 0 saturated carbocycles. The summed E-state index contributed by atoms with van der Waals surface area (Å²) in [5.74, 6) is 0.145. The van der Waals surface area contributed by atoms with Crippen LogP contribution in [0, 0.1) is 0 Å². The van der Waals surface area contributed by atoms with Crippen molar-refractivity contribution in [2.24, 2.45) is 0 Å². The van der Waals surface area contributed by atoms with Crippen LogP contribution in [0.5, 0.6) is 5.75 Å². The predicted octanol–water partition coefficient (Wildman–Crippen LogP) is 3.95. The molecule has 2 nitrogen and oxygen atoms in total. The van der Waals surface area contributed by atoms with Crippen LogP contribution in [-0.4, -0.2) is 10.2 Å². The number of halogens is 2. The average molecular weight is 283 g/mol. The van der Waals surface area contributed by atoms with Gasteiger partial charge in [-0.05, 0) is 42.8 Å². The minimum atomic E-state index is -1.27. The molecular formula is C14H12Cl2O2. The summed E-state index contributed by atoms with van der Waals surface area (Å²) in [7, 11) is 0.